The molecule has 0 atom stereocenters. The Morgan fingerprint density at radius 1 is 1.26 bits per heavy atom. The fourth-order valence-corrected chi connectivity index (χ4v) is 5.37. The molecule has 164 valence electrons. The number of aliphatic hydroxyl groups is 1. The molecule has 0 aliphatic rings. The first-order chi connectivity index (χ1) is 14.5. The van der Waals surface area contributed by atoms with Crippen LogP contribution in [0.4, 0.5) is 11.6 Å². The maximum atomic E-state index is 12.9. The number of aromatic nitrogens is 1. The number of amides is 1. The molecule has 0 saturated heterocycles. The van der Waals surface area contributed by atoms with Crippen molar-refractivity contribution in [1.29, 1.82) is 0 Å². The van der Waals surface area contributed by atoms with Gasteiger partial charge in [0.1, 0.15) is 27.1 Å². The van der Waals surface area contributed by atoms with E-state index in [0.29, 0.717) is 11.3 Å². The highest BCUT2D eigenvalue weighted by Crippen LogP contribution is 2.31. The summed E-state index contributed by atoms with van der Waals surface area (Å²) in [5.74, 6) is -1.56. The van der Waals surface area contributed by atoms with Crippen molar-refractivity contribution in [3.63, 3.8) is 0 Å². The number of rotatable bonds is 7. The van der Waals surface area contributed by atoms with E-state index in [4.69, 9.17) is 16.1 Å². The summed E-state index contributed by atoms with van der Waals surface area (Å²) in [6.07, 6.45) is 0. The second-order valence-corrected chi connectivity index (χ2v) is 9.62. The van der Waals surface area contributed by atoms with Gasteiger partial charge in [0.15, 0.2) is 5.78 Å². The molecule has 2 aromatic heterocycles. The smallest absolute Gasteiger partial charge is 0.267 e. The summed E-state index contributed by atoms with van der Waals surface area (Å²) < 4.78 is 32.7. The lowest BCUT2D eigenvalue weighted by atomic mass is 10.0. The topological polar surface area (TPSA) is 139 Å². The van der Waals surface area contributed by atoms with Crippen LogP contribution in [0.5, 0.6) is 0 Å². The lowest BCUT2D eigenvalue weighted by Gasteiger charge is -2.14. The van der Waals surface area contributed by atoms with E-state index in [0.717, 1.165) is 16.9 Å². The number of nitrogens with one attached hydrogen (secondary N) is 2. The van der Waals surface area contributed by atoms with Crippen molar-refractivity contribution in [3.8, 4) is 0 Å². The van der Waals surface area contributed by atoms with Crippen LogP contribution in [0.25, 0.3) is 0 Å². The molecule has 12 heteroatoms. The number of carbonyl (C=O) groups is 2. The number of aliphatic hydroxyl groups excluding tert-OH is 1. The number of carbonyl (C=O) groups excluding carboxylic acids is 2. The van der Waals surface area contributed by atoms with Crippen LogP contribution in [0.15, 0.2) is 33.0 Å². The third-order valence-corrected chi connectivity index (χ3v) is 7.17. The van der Waals surface area contributed by atoms with Crippen molar-refractivity contribution in [2.24, 2.45) is 0 Å². The molecule has 0 saturated carbocycles. The molecule has 2 heterocycles. The van der Waals surface area contributed by atoms with Crippen molar-refractivity contribution < 1.29 is 27.6 Å². The number of ketones is 1. The summed E-state index contributed by atoms with van der Waals surface area (Å²) >= 11 is 6.87. The molecule has 0 fully saturated rings. The number of Topliss-reactive ketones (excluding diaryl/α,β-unsaturated/α-hetero) is 1. The zero-order valence-electron chi connectivity index (χ0n) is 16.6. The first-order valence-electron chi connectivity index (χ1n) is 8.84. The van der Waals surface area contributed by atoms with Gasteiger partial charge >= 0.3 is 0 Å². The van der Waals surface area contributed by atoms with Crippen LogP contribution in [0.1, 0.15) is 36.9 Å². The Labute approximate surface area is 187 Å². The van der Waals surface area contributed by atoms with Gasteiger partial charge in [-0.1, -0.05) is 22.8 Å². The molecule has 1 aromatic carbocycles. The predicted octanol–water partition coefficient (Wildman–Crippen LogP) is 3.54. The summed E-state index contributed by atoms with van der Waals surface area (Å²) in [4.78, 5) is 24.7. The van der Waals surface area contributed by atoms with Gasteiger partial charge in [0.25, 0.3) is 21.8 Å². The summed E-state index contributed by atoms with van der Waals surface area (Å²) in [7, 11) is -4.22. The molecule has 0 aliphatic heterocycles. The molecule has 0 bridgehead atoms. The Morgan fingerprint density at radius 2 is 1.97 bits per heavy atom. The summed E-state index contributed by atoms with van der Waals surface area (Å²) in [5, 5.41) is 16.9. The van der Waals surface area contributed by atoms with Gasteiger partial charge in [-0.25, -0.2) is 13.1 Å². The standard InChI is InChI=1S/C19H18ClN3O6S2/c1-9-6-10(2)16(12(7-9)13(25)8-24)21-18(26)17-14(4-5-30-17)31(27,28)23-19-15(20)11(3)22-29-19/h4-7,23-24H,8H2,1-3H3,(H,21,26). The van der Waals surface area contributed by atoms with Crippen LogP contribution in [0.2, 0.25) is 5.02 Å². The fraction of sp³-hybridized carbons (Fsp3) is 0.211. The van der Waals surface area contributed by atoms with Gasteiger partial charge in [-0.2, -0.15) is 0 Å². The molecule has 31 heavy (non-hydrogen) atoms. The summed E-state index contributed by atoms with van der Waals surface area (Å²) in [6.45, 7) is 4.28. The zero-order valence-corrected chi connectivity index (χ0v) is 19.0. The third-order valence-electron chi connectivity index (χ3n) is 4.31. The van der Waals surface area contributed by atoms with Gasteiger partial charge in [-0.15, -0.1) is 11.3 Å². The van der Waals surface area contributed by atoms with E-state index in [9.17, 15) is 23.1 Å². The van der Waals surface area contributed by atoms with E-state index in [1.54, 1.807) is 32.9 Å². The molecular formula is C19H18ClN3O6S2. The highest BCUT2D eigenvalue weighted by atomic mass is 35.5. The van der Waals surface area contributed by atoms with Gasteiger partial charge in [-0.3, -0.25) is 9.59 Å². The quantitative estimate of drug-likeness (QED) is 0.437. The maximum absolute atomic E-state index is 12.9. The number of hydrogen-bond donors (Lipinski definition) is 3. The van der Waals surface area contributed by atoms with E-state index in [1.165, 1.54) is 11.4 Å². The minimum Gasteiger partial charge on any atom is -0.388 e. The van der Waals surface area contributed by atoms with Crippen molar-refractivity contribution in [1.82, 2.24) is 5.16 Å². The normalized spacial score (nSPS) is 11.4. The second kappa shape index (κ2) is 8.79. The van der Waals surface area contributed by atoms with Crippen LogP contribution < -0.4 is 10.0 Å². The highest BCUT2D eigenvalue weighted by Gasteiger charge is 2.28. The number of halogens is 1. The minimum atomic E-state index is -4.22. The minimum absolute atomic E-state index is 0.00671. The molecular weight excluding hydrogens is 466 g/mol. The summed E-state index contributed by atoms with van der Waals surface area (Å²) in [5.41, 5.74) is 2.01. The molecule has 3 N–H and O–H groups in total. The molecule has 3 rings (SSSR count). The SMILES string of the molecule is Cc1cc(C)c(NC(=O)c2sccc2S(=O)(=O)Nc2onc(C)c2Cl)c(C(=O)CO)c1. The lowest BCUT2D eigenvalue weighted by Crippen LogP contribution is -2.20. The molecule has 1 amide bonds. The average molecular weight is 484 g/mol. The van der Waals surface area contributed by atoms with E-state index in [2.05, 4.69) is 15.2 Å². The molecule has 0 aliphatic carbocycles. The van der Waals surface area contributed by atoms with E-state index >= 15 is 0 Å². The second-order valence-electron chi connectivity index (χ2n) is 6.67. The molecule has 0 spiro atoms. The van der Waals surface area contributed by atoms with Crippen LogP contribution >= 0.6 is 22.9 Å². The van der Waals surface area contributed by atoms with Crippen molar-refractivity contribution >= 4 is 56.2 Å². The number of hydrogen-bond acceptors (Lipinski definition) is 8. The van der Waals surface area contributed by atoms with Crippen molar-refractivity contribution in [3.05, 3.63) is 55.9 Å². The van der Waals surface area contributed by atoms with Crippen LogP contribution in [0.3, 0.4) is 0 Å². The molecule has 0 radical (unpaired) electrons. The number of benzene rings is 1. The predicted molar refractivity (Wildman–Crippen MR) is 117 cm³/mol. The van der Waals surface area contributed by atoms with Gasteiger partial charge < -0.3 is 14.9 Å². The van der Waals surface area contributed by atoms with Crippen molar-refractivity contribution in [2.75, 3.05) is 16.6 Å². The van der Waals surface area contributed by atoms with Crippen molar-refractivity contribution in [2.45, 2.75) is 25.7 Å². The lowest BCUT2D eigenvalue weighted by molar-refractivity contribution is 0.0904. The first kappa shape index (κ1) is 22.9. The third kappa shape index (κ3) is 4.64. The van der Waals surface area contributed by atoms with Gasteiger partial charge in [0, 0.05) is 5.56 Å². The number of anilines is 2. The monoisotopic (exact) mass is 483 g/mol. The number of aryl methyl sites for hydroxylation is 3. The Hall–Kier alpha value is -2.73. The Balaban J connectivity index is 1.95. The molecule has 3 aromatic rings. The maximum Gasteiger partial charge on any atom is 0.267 e. The Morgan fingerprint density at radius 3 is 2.58 bits per heavy atom. The number of sulfonamides is 1. The number of nitrogens with zero attached hydrogens (tertiary/aromatic N) is 1. The van der Waals surface area contributed by atoms with Crippen LogP contribution in [0, 0.1) is 20.8 Å². The molecule has 9 nitrogen and oxygen atoms in total. The largest absolute Gasteiger partial charge is 0.388 e. The Kier molecular flexibility index (Phi) is 6.51. The fourth-order valence-electron chi connectivity index (χ4n) is 2.88. The zero-order chi connectivity index (χ0) is 22.9. The van der Waals surface area contributed by atoms with Gasteiger partial charge in [0.2, 0.25) is 0 Å². The van der Waals surface area contributed by atoms with Gasteiger partial charge in [-0.05, 0) is 49.4 Å². The number of thiophene rings is 1. The molecule has 0 unspecified atom stereocenters. The average Bonchev–Trinajstić information content (AvgIpc) is 3.32. The van der Waals surface area contributed by atoms with Crippen LogP contribution in [-0.4, -0.2) is 37.0 Å². The highest BCUT2D eigenvalue weighted by molar-refractivity contribution is 7.93. The van der Waals surface area contributed by atoms with E-state index < -0.39 is 28.3 Å². The van der Waals surface area contributed by atoms with E-state index in [-0.39, 0.29) is 31.9 Å². The van der Waals surface area contributed by atoms with Crippen LogP contribution in [-0.2, 0) is 10.0 Å². The summed E-state index contributed by atoms with van der Waals surface area (Å²) in [6, 6.07) is 4.56. The Bertz CT molecular complexity index is 1280. The van der Waals surface area contributed by atoms with E-state index in [1.807, 2.05) is 0 Å². The van der Waals surface area contributed by atoms with Gasteiger partial charge in [0.05, 0.1) is 5.69 Å². The first-order valence-corrected chi connectivity index (χ1v) is 11.6.